The van der Waals surface area contributed by atoms with Gasteiger partial charge < -0.3 is 15.4 Å². The second-order valence-electron chi connectivity index (χ2n) is 4.18. The number of hydrogen-bond acceptors (Lipinski definition) is 5. The molecule has 3 N–H and O–H groups in total. The van der Waals surface area contributed by atoms with Crippen molar-refractivity contribution in [1.82, 2.24) is 10.1 Å². The molecular formula is C12H12F3N3O2. The van der Waals surface area contributed by atoms with Crippen LogP contribution in [-0.2, 0) is 12.6 Å². The van der Waals surface area contributed by atoms with Gasteiger partial charge in [-0.25, -0.2) is 0 Å². The van der Waals surface area contributed by atoms with Crippen molar-refractivity contribution in [3.05, 3.63) is 47.1 Å². The van der Waals surface area contributed by atoms with E-state index in [9.17, 15) is 18.3 Å². The average molecular weight is 287 g/mol. The zero-order chi connectivity index (χ0) is 14.8. The summed E-state index contributed by atoms with van der Waals surface area (Å²) in [5.41, 5.74) is 4.89. The van der Waals surface area contributed by atoms with E-state index in [1.54, 1.807) is 0 Å². The maximum absolute atomic E-state index is 12.6. The monoisotopic (exact) mass is 287 g/mol. The lowest BCUT2D eigenvalue weighted by Crippen LogP contribution is -2.11. The summed E-state index contributed by atoms with van der Waals surface area (Å²) in [6, 6.07) is 4.86. The lowest BCUT2D eigenvalue weighted by molar-refractivity contribution is -0.137. The summed E-state index contributed by atoms with van der Waals surface area (Å²) in [6.45, 7) is -0.0782. The zero-order valence-corrected chi connectivity index (χ0v) is 10.3. The van der Waals surface area contributed by atoms with Crippen LogP contribution in [0.4, 0.5) is 13.2 Å². The van der Waals surface area contributed by atoms with E-state index in [1.165, 1.54) is 12.1 Å². The Hall–Kier alpha value is -1.93. The van der Waals surface area contributed by atoms with Crippen LogP contribution in [0.25, 0.3) is 0 Å². The lowest BCUT2D eigenvalue weighted by Gasteiger charge is -2.07. The zero-order valence-electron chi connectivity index (χ0n) is 10.3. The van der Waals surface area contributed by atoms with Gasteiger partial charge in [0.25, 0.3) is 5.89 Å². The predicted molar refractivity (Wildman–Crippen MR) is 62.6 cm³/mol. The quantitative estimate of drug-likeness (QED) is 0.893. The molecule has 0 radical (unpaired) electrons. The SMILES string of the molecule is NCC(O)c1nc(Cc2cccc(C(F)(F)F)c2)no1. The van der Waals surface area contributed by atoms with Crippen molar-refractivity contribution in [2.45, 2.75) is 18.7 Å². The third-order valence-corrected chi connectivity index (χ3v) is 2.61. The van der Waals surface area contributed by atoms with Crippen molar-refractivity contribution in [3.8, 4) is 0 Å². The van der Waals surface area contributed by atoms with Crippen LogP contribution in [0.2, 0.25) is 0 Å². The number of nitrogens with zero attached hydrogens (tertiary/aromatic N) is 2. The van der Waals surface area contributed by atoms with Crippen molar-refractivity contribution >= 4 is 0 Å². The van der Waals surface area contributed by atoms with Crippen LogP contribution >= 0.6 is 0 Å². The number of alkyl halides is 3. The van der Waals surface area contributed by atoms with Crippen LogP contribution in [0, 0.1) is 0 Å². The van der Waals surface area contributed by atoms with Gasteiger partial charge in [-0.15, -0.1) is 0 Å². The third-order valence-electron chi connectivity index (χ3n) is 2.61. The Morgan fingerprint density at radius 1 is 1.35 bits per heavy atom. The molecule has 0 amide bonds. The Balaban J connectivity index is 2.16. The number of nitrogens with two attached hydrogens (primary N) is 1. The largest absolute Gasteiger partial charge is 0.416 e. The maximum atomic E-state index is 12.6. The van der Waals surface area contributed by atoms with Crippen LogP contribution in [0.1, 0.15) is 28.9 Å². The summed E-state index contributed by atoms with van der Waals surface area (Å²) in [6.07, 6.45) is -5.39. The molecule has 2 rings (SSSR count). The molecule has 1 aromatic carbocycles. The fourth-order valence-electron chi connectivity index (χ4n) is 1.62. The summed E-state index contributed by atoms with van der Waals surface area (Å²) >= 11 is 0. The highest BCUT2D eigenvalue weighted by molar-refractivity contribution is 5.27. The number of halogens is 3. The van der Waals surface area contributed by atoms with Crippen molar-refractivity contribution in [1.29, 1.82) is 0 Å². The maximum Gasteiger partial charge on any atom is 0.416 e. The molecule has 5 nitrogen and oxygen atoms in total. The van der Waals surface area contributed by atoms with Crippen LogP contribution in [0.15, 0.2) is 28.8 Å². The molecule has 1 unspecified atom stereocenters. The first-order valence-corrected chi connectivity index (χ1v) is 5.77. The number of hydrogen-bond donors (Lipinski definition) is 2. The van der Waals surface area contributed by atoms with Crippen molar-refractivity contribution in [3.63, 3.8) is 0 Å². The van der Waals surface area contributed by atoms with E-state index in [0.717, 1.165) is 12.1 Å². The van der Waals surface area contributed by atoms with E-state index in [4.69, 9.17) is 10.3 Å². The fraction of sp³-hybridized carbons (Fsp3) is 0.333. The molecule has 0 fully saturated rings. The molecule has 20 heavy (non-hydrogen) atoms. The minimum atomic E-state index is -4.39. The minimum Gasteiger partial charge on any atom is -0.382 e. The van der Waals surface area contributed by atoms with Gasteiger partial charge in [0, 0.05) is 13.0 Å². The molecule has 108 valence electrons. The van der Waals surface area contributed by atoms with E-state index in [-0.39, 0.29) is 24.7 Å². The summed E-state index contributed by atoms with van der Waals surface area (Å²) in [4.78, 5) is 3.88. The summed E-state index contributed by atoms with van der Waals surface area (Å²) < 4.78 is 42.5. The first kappa shape index (κ1) is 14.5. The predicted octanol–water partition coefficient (Wildman–Crippen LogP) is 1.67. The van der Waals surface area contributed by atoms with Gasteiger partial charge in [0.2, 0.25) is 0 Å². The van der Waals surface area contributed by atoms with E-state index >= 15 is 0 Å². The summed E-state index contributed by atoms with van der Waals surface area (Å²) in [5.74, 6) is 0.140. The van der Waals surface area contributed by atoms with Gasteiger partial charge in [-0.1, -0.05) is 23.4 Å². The molecule has 0 saturated carbocycles. The van der Waals surface area contributed by atoms with Crippen LogP contribution in [0.5, 0.6) is 0 Å². The smallest absolute Gasteiger partial charge is 0.382 e. The average Bonchev–Trinajstić information content (AvgIpc) is 2.85. The molecule has 1 heterocycles. The lowest BCUT2D eigenvalue weighted by atomic mass is 10.1. The molecule has 0 spiro atoms. The number of benzene rings is 1. The van der Waals surface area contributed by atoms with E-state index in [1.807, 2.05) is 0 Å². The Labute approximate surface area is 112 Å². The molecule has 1 atom stereocenters. The second kappa shape index (κ2) is 5.59. The number of aliphatic hydroxyl groups is 1. The molecule has 0 bridgehead atoms. The van der Waals surface area contributed by atoms with E-state index < -0.39 is 17.8 Å². The highest BCUT2D eigenvalue weighted by Crippen LogP contribution is 2.29. The van der Waals surface area contributed by atoms with Gasteiger partial charge in [-0.3, -0.25) is 0 Å². The number of aromatic nitrogens is 2. The Kier molecular flexibility index (Phi) is 4.05. The molecule has 1 aromatic heterocycles. The van der Waals surface area contributed by atoms with Crippen LogP contribution < -0.4 is 5.73 Å². The molecular weight excluding hydrogens is 275 g/mol. The van der Waals surface area contributed by atoms with E-state index in [0.29, 0.717) is 5.56 Å². The molecule has 0 saturated heterocycles. The standard InChI is InChI=1S/C12H12F3N3O2/c13-12(14,15)8-3-1-2-7(4-8)5-10-17-11(20-18-10)9(19)6-16/h1-4,9,19H,5-6,16H2. The second-order valence-corrected chi connectivity index (χ2v) is 4.18. The van der Waals surface area contributed by atoms with Gasteiger partial charge >= 0.3 is 6.18 Å². The molecule has 0 aliphatic carbocycles. The fourth-order valence-corrected chi connectivity index (χ4v) is 1.62. The van der Waals surface area contributed by atoms with Crippen molar-refractivity contribution in [2.75, 3.05) is 6.54 Å². The third kappa shape index (κ3) is 3.34. The summed E-state index contributed by atoms with van der Waals surface area (Å²) in [5, 5.41) is 13.0. The van der Waals surface area contributed by atoms with Gasteiger partial charge in [0.05, 0.1) is 5.56 Å². The molecule has 8 heteroatoms. The van der Waals surface area contributed by atoms with Crippen molar-refractivity contribution in [2.24, 2.45) is 5.73 Å². The van der Waals surface area contributed by atoms with E-state index in [2.05, 4.69) is 10.1 Å². The highest BCUT2D eigenvalue weighted by atomic mass is 19.4. The first-order valence-electron chi connectivity index (χ1n) is 5.77. The number of rotatable bonds is 4. The minimum absolute atomic E-state index is 0.0468. The normalized spacial score (nSPS) is 13.4. The van der Waals surface area contributed by atoms with Crippen LogP contribution in [-0.4, -0.2) is 21.8 Å². The summed E-state index contributed by atoms with van der Waals surface area (Å²) in [7, 11) is 0. The van der Waals surface area contributed by atoms with Gasteiger partial charge in [-0.2, -0.15) is 18.2 Å². The molecule has 0 aliphatic heterocycles. The Bertz CT molecular complexity index is 583. The van der Waals surface area contributed by atoms with Gasteiger partial charge in [0.1, 0.15) is 6.10 Å². The number of aliphatic hydroxyl groups excluding tert-OH is 1. The Morgan fingerprint density at radius 2 is 2.10 bits per heavy atom. The van der Waals surface area contributed by atoms with Crippen molar-refractivity contribution < 1.29 is 22.8 Å². The first-order chi connectivity index (χ1) is 9.40. The van der Waals surface area contributed by atoms with Gasteiger partial charge in [-0.05, 0) is 11.6 Å². The highest BCUT2D eigenvalue weighted by Gasteiger charge is 2.30. The van der Waals surface area contributed by atoms with Gasteiger partial charge in [0.15, 0.2) is 5.82 Å². The molecule has 2 aromatic rings. The molecule has 0 aliphatic rings. The Morgan fingerprint density at radius 3 is 2.75 bits per heavy atom. The van der Waals surface area contributed by atoms with Crippen LogP contribution in [0.3, 0.4) is 0 Å². The topological polar surface area (TPSA) is 85.2 Å².